The maximum absolute atomic E-state index is 11.3. The summed E-state index contributed by atoms with van der Waals surface area (Å²) < 4.78 is 10.9. The number of hydrogen-bond acceptors (Lipinski definition) is 7. The lowest BCUT2D eigenvalue weighted by Gasteiger charge is -2.26. The molecule has 7 aromatic rings. The highest BCUT2D eigenvalue weighted by atomic mass is 16.5. The Morgan fingerprint density at radius 1 is 0.418 bits per heavy atom. The van der Waals surface area contributed by atoms with Gasteiger partial charge in [-0.25, -0.2) is 9.59 Å². The van der Waals surface area contributed by atoms with Crippen molar-refractivity contribution in [1.29, 1.82) is 10.5 Å². The van der Waals surface area contributed by atoms with Crippen molar-refractivity contribution in [2.24, 2.45) is 0 Å². The molecule has 9 nitrogen and oxygen atoms in total. The van der Waals surface area contributed by atoms with Gasteiger partial charge in [0.05, 0.1) is 14.2 Å². The van der Waals surface area contributed by atoms with Crippen LogP contribution in [0.1, 0.15) is 50.1 Å². The van der Waals surface area contributed by atoms with Crippen LogP contribution in [0.3, 0.4) is 0 Å². The molecule has 0 aliphatic rings. The predicted octanol–water partition coefficient (Wildman–Crippen LogP) is 13.1. The molecule has 0 saturated heterocycles. The van der Waals surface area contributed by atoms with Gasteiger partial charge in [0.1, 0.15) is 34.8 Å². The quantitative estimate of drug-likeness (QED) is 0.0550. The third-order valence-corrected chi connectivity index (χ3v) is 10.7. The van der Waals surface area contributed by atoms with Crippen molar-refractivity contribution in [3.8, 4) is 23.6 Å². The number of ether oxygens (including phenoxy) is 2. The van der Waals surface area contributed by atoms with E-state index >= 15 is 0 Å². The topological polar surface area (TPSA) is 144 Å². The third kappa shape index (κ3) is 12.0. The van der Waals surface area contributed by atoms with Gasteiger partial charge in [0, 0.05) is 17.1 Å². The Morgan fingerprint density at radius 2 is 0.687 bits per heavy atom. The molecule has 0 amide bonds. The molecule has 0 fully saturated rings. The average molecular weight is 878 g/mol. The SMILES string of the molecule is COc1ccc(C(=Cc2ccc(N(c3ccc(/C=C/c4ccc(/C=C(\C#N)C(=O)O)cc4)cc3)c3ccc(/C=C/c4ccc(/C=C(\C#N)C(=O)O)cc4)cc3)cc2)c2ccc(OC)cc2)cc1. The Balaban J connectivity index is 1.18. The van der Waals surface area contributed by atoms with Crippen molar-refractivity contribution in [2.75, 3.05) is 19.1 Å². The summed E-state index contributed by atoms with van der Waals surface area (Å²) in [5.41, 5.74) is 11.4. The van der Waals surface area contributed by atoms with Crippen LogP contribution < -0.4 is 14.4 Å². The van der Waals surface area contributed by atoms with Crippen LogP contribution in [0.2, 0.25) is 0 Å². The number of anilines is 3. The van der Waals surface area contributed by atoms with Crippen molar-refractivity contribution in [3.63, 3.8) is 0 Å². The minimum Gasteiger partial charge on any atom is -0.497 e. The lowest BCUT2D eigenvalue weighted by molar-refractivity contribution is -0.133. The van der Waals surface area contributed by atoms with Crippen LogP contribution in [0.15, 0.2) is 181 Å². The average Bonchev–Trinajstić information content (AvgIpc) is 3.37. The highest BCUT2D eigenvalue weighted by molar-refractivity contribution is 5.97. The Morgan fingerprint density at radius 3 is 0.970 bits per heavy atom. The van der Waals surface area contributed by atoms with Gasteiger partial charge >= 0.3 is 11.9 Å². The summed E-state index contributed by atoms with van der Waals surface area (Å²) in [6, 6.07) is 59.0. The summed E-state index contributed by atoms with van der Waals surface area (Å²) in [6.07, 6.45) is 12.8. The smallest absolute Gasteiger partial charge is 0.346 e. The van der Waals surface area contributed by atoms with Crippen LogP contribution in [0.5, 0.6) is 11.5 Å². The molecule has 326 valence electrons. The number of nitrogens with zero attached hydrogens (tertiary/aromatic N) is 3. The molecule has 9 heteroatoms. The lowest BCUT2D eigenvalue weighted by atomic mass is 9.95. The minimum atomic E-state index is -1.26. The van der Waals surface area contributed by atoms with Gasteiger partial charge in [-0.3, -0.25) is 0 Å². The van der Waals surface area contributed by atoms with E-state index in [0.717, 1.165) is 73.1 Å². The summed E-state index contributed by atoms with van der Waals surface area (Å²) >= 11 is 0. The summed E-state index contributed by atoms with van der Waals surface area (Å²) in [4.78, 5) is 24.7. The molecule has 0 heterocycles. The zero-order chi connectivity index (χ0) is 47.1. The second-order valence-corrected chi connectivity index (χ2v) is 15.1. The highest BCUT2D eigenvalue weighted by Crippen LogP contribution is 2.36. The molecule has 7 rings (SSSR count). The molecular formula is C58H43N3O6. The zero-order valence-electron chi connectivity index (χ0n) is 36.6. The third-order valence-electron chi connectivity index (χ3n) is 10.7. The first-order valence-corrected chi connectivity index (χ1v) is 21.0. The molecule has 0 aliphatic carbocycles. The Bertz CT molecular complexity index is 2910. The number of hydrogen-bond donors (Lipinski definition) is 2. The second kappa shape index (κ2) is 21.8. The van der Waals surface area contributed by atoms with Crippen molar-refractivity contribution in [2.45, 2.75) is 0 Å². The maximum Gasteiger partial charge on any atom is 0.346 e. The monoisotopic (exact) mass is 877 g/mol. The lowest BCUT2D eigenvalue weighted by Crippen LogP contribution is -2.09. The van der Waals surface area contributed by atoms with Gasteiger partial charge in [-0.1, -0.05) is 133 Å². The summed E-state index contributed by atoms with van der Waals surface area (Å²) in [7, 11) is 3.31. The molecule has 0 spiro atoms. The maximum atomic E-state index is 11.3. The number of carboxylic acid groups (broad SMARTS) is 2. The summed E-state index contributed by atoms with van der Waals surface area (Å²) in [5, 5.41) is 36.6. The van der Waals surface area contributed by atoms with Crippen LogP contribution in [-0.4, -0.2) is 36.4 Å². The van der Waals surface area contributed by atoms with Crippen LogP contribution in [-0.2, 0) is 9.59 Å². The van der Waals surface area contributed by atoms with E-state index in [1.54, 1.807) is 50.6 Å². The van der Waals surface area contributed by atoms with Gasteiger partial charge in [0.2, 0.25) is 0 Å². The molecule has 67 heavy (non-hydrogen) atoms. The Kier molecular flexibility index (Phi) is 14.8. The fourth-order valence-electron chi connectivity index (χ4n) is 7.09. The van der Waals surface area contributed by atoms with E-state index in [9.17, 15) is 19.8 Å². The van der Waals surface area contributed by atoms with Gasteiger partial charge in [0.25, 0.3) is 0 Å². The number of benzene rings is 7. The van der Waals surface area contributed by atoms with E-state index in [1.807, 2.05) is 72.8 Å². The van der Waals surface area contributed by atoms with E-state index in [2.05, 4.69) is 108 Å². The van der Waals surface area contributed by atoms with Gasteiger partial charge in [0.15, 0.2) is 0 Å². The Labute approximate surface area is 389 Å². The highest BCUT2D eigenvalue weighted by Gasteiger charge is 2.14. The predicted molar refractivity (Wildman–Crippen MR) is 267 cm³/mol. The van der Waals surface area contributed by atoms with Gasteiger partial charge in [-0.15, -0.1) is 0 Å². The summed E-state index contributed by atoms with van der Waals surface area (Å²) in [6.45, 7) is 0. The van der Waals surface area contributed by atoms with Crippen molar-refractivity contribution < 1.29 is 29.3 Å². The first kappa shape index (κ1) is 45.6. The number of carbonyl (C=O) groups is 2. The normalized spacial score (nSPS) is 11.4. The second-order valence-electron chi connectivity index (χ2n) is 15.1. The first-order chi connectivity index (χ1) is 32.6. The number of nitriles is 2. The van der Waals surface area contributed by atoms with E-state index in [0.29, 0.717) is 11.1 Å². The molecular weight excluding hydrogens is 835 g/mol. The fourth-order valence-corrected chi connectivity index (χ4v) is 7.09. The van der Waals surface area contributed by atoms with Crippen LogP contribution in [0.4, 0.5) is 17.1 Å². The molecule has 0 radical (unpaired) electrons. The van der Waals surface area contributed by atoms with Gasteiger partial charge in [-0.2, -0.15) is 10.5 Å². The number of aliphatic carboxylic acids is 2. The number of methoxy groups -OCH3 is 2. The van der Waals surface area contributed by atoms with Gasteiger partial charge in [-0.05, 0) is 135 Å². The molecule has 7 aromatic carbocycles. The molecule has 0 aliphatic heterocycles. The van der Waals surface area contributed by atoms with Crippen LogP contribution in [0.25, 0.3) is 48.1 Å². The summed E-state index contributed by atoms with van der Waals surface area (Å²) in [5.74, 6) is -0.969. The molecule has 2 N–H and O–H groups in total. The number of carboxylic acids is 2. The fraction of sp³-hybridized carbons (Fsp3) is 0.0345. The van der Waals surface area contributed by atoms with E-state index < -0.39 is 11.9 Å². The van der Waals surface area contributed by atoms with Crippen molar-refractivity contribution >= 4 is 77.1 Å². The van der Waals surface area contributed by atoms with E-state index in [4.69, 9.17) is 20.0 Å². The van der Waals surface area contributed by atoms with E-state index in [1.165, 1.54) is 12.2 Å². The van der Waals surface area contributed by atoms with Crippen LogP contribution in [0, 0.1) is 22.7 Å². The minimum absolute atomic E-state index is 0.326. The van der Waals surface area contributed by atoms with Crippen LogP contribution >= 0.6 is 0 Å². The first-order valence-electron chi connectivity index (χ1n) is 21.0. The Hall–Kier alpha value is -9.44. The van der Waals surface area contributed by atoms with Crippen molar-refractivity contribution in [3.05, 3.63) is 231 Å². The molecule has 0 unspecified atom stereocenters. The largest absolute Gasteiger partial charge is 0.497 e. The van der Waals surface area contributed by atoms with Crippen molar-refractivity contribution in [1.82, 2.24) is 0 Å². The zero-order valence-corrected chi connectivity index (χ0v) is 36.6. The van der Waals surface area contributed by atoms with E-state index in [-0.39, 0.29) is 11.1 Å². The molecule has 0 aromatic heterocycles. The molecule has 0 atom stereocenters. The standard InChI is InChI=1S/C58H43N3O6/c1-66-54-31-21-47(22-32-54)56(48-23-33-55(67-2)34-24-48)37-46-19-29-53(30-20-46)61(51-25-15-42(16-26-51)5-3-40-7-11-44(12-8-40)35-49(38-59)57(62)63)52-27-17-43(18-28-52)6-4-41-9-13-45(14-10-41)36-50(39-60)58(64)65/h3-37H,1-2H3,(H,62,63)(H,64,65)/b5-3+,6-4+,49-35+,50-36+. The molecule has 0 bridgehead atoms. The number of rotatable bonds is 16. The molecule has 0 saturated carbocycles. The van der Waals surface area contributed by atoms with Gasteiger partial charge < -0.3 is 24.6 Å².